The van der Waals surface area contributed by atoms with Gasteiger partial charge in [0.2, 0.25) is 5.91 Å². The van der Waals surface area contributed by atoms with Crippen LogP contribution in [-0.2, 0) is 14.4 Å². The summed E-state index contributed by atoms with van der Waals surface area (Å²) in [6, 6.07) is 12.1. The number of anilines is 2. The summed E-state index contributed by atoms with van der Waals surface area (Å²) in [4.78, 5) is 41.5. The third kappa shape index (κ3) is 6.03. The number of hydrogen-bond acceptors (Lipinski definition) is 6. The van der Waals surface area contributed by atoms with Crippen LogP contribution < -0.4 is 24.4 Å². The Morgan fingerprint density at radius 1 is 1.03 bits per heavy atom. The number of ether oxygens (including phenoxy) is 3. The molecule has 3 amide bonds. The van der Waals surface area contributed by atoms with Crippen molar-refractivity contribution < 1.29 is 28.6 Å². The van der Waals surface area contributed by atoms with Crippen LogP contribution in [0.15, 0.2) is 42.5 Å². The number of nitrogens with one attached hydrogen (secondary N) is 1. The van der Waals surface area contributed by atoms with Gasteiger partial charge in [-0.2, -0.15) is 0 Å². The van der Waals surface area contributed by atoms with Gasteiger partial charge >= 0.3 is 0 Å². The van der Waals surface area contributed by atoms with Crippen LogP contribution in [0.25, 0.3) is 0 Å². The highest BCUT2D eigenvalue weighted by molar-refractivity contribution is 6.04. The number of rotatable bonds is 8. The molecule has 2 aliphatic heterocycles. The lowest BCUT2D eigenvalue weighted by Gasteiger charge is -2.35. The quantitative estimate of drug-likeness (QED) is 0.622. The fourth-order valence-corrected chi connectivity index (χ4v) is 4.17. The lowest BCUT2D eigenvalue weighted by Crippen LogP contribution is -2.50. The average molecular weight is 482 g/mol. The number of benzene rings is 2. The van der Waals surface area contributed by atoms with Gasteiger partial charge in [0.15, 0.2) is 12.7 Å². The molecule has 9 heteroatoms. The van der Waals surface area contributed by atoms with E-state index in [4.69, 9.17) is 14.2 Å². The zero-order valence-electron chi connectivity index (χ0n) is 20.1. The number of likely N-dealkylation sites (tertiary alicyclic amines) is 1. The second-order valence-electron chi connectivity index (χ2n) is 8.55. The van der Waals surface area contributed by atoms with Crippen LogP contribution in [0.4, 0.5) is 11.4 Å². The number of amides is 3. The molecule has 1 fully saturated rings. The highest BCUT2D eigenvalue weighted by Crippen LogP contribution is 2.36. The second-order valence-corrected chi connectivity index (χ2v) is 8.55. The van der Waals surface area contributed by atoms with Gasteiger partial charge in [0.1, 0.15) is 23.8 Å². The van der Waals surface area contributed by atoms with Crippen LogP contribution in [0, 0.1) is 0 Å². The maximum atomic E-state index is 12.9. The number of carbonyl (C=O) groups is 3. The molecule has 9 nitrogen and oxygen atoms in total. The topological polar surface area (TPSA) is 97.4 Å². The molecule has 1 saturated heterocycles. The van der Waals surface area contributed by atoms with Crippen molar-refractivity contribution in [1.29, 1.82) is 0 Å². The Hall–Kier alpha value is -3.75. The minimum Gasteiger partial charge on any atom is -0.494 e. The number of piperidine rings is 1. The Morgan fingerprint density at radius 3 is 2.40 bits per heavy atom. The number of fused-ring (bicyclic) bond motifs is 1. The van der Waals surface area contributed by atoms with Gasteiger partial charge in [0.25, 0.3) is 11.8 Å². The predicted octanol–water partition coefficient (Wildman–Crippen LogP) is 3.23. The molecule has 0 spiro atoms. The molecule has 2 aliphatic rings. The summed E-state index contributed by atoms with van der Waals surface area (Å²) in [5.74, 6) is 1.04. The molecule has 1 atom stereocenters. The van der Waals surface area contributed by atoms with Crippen molar-refractivity contribution in [1.82, 2.24) is 4.90 Å². The summed E-state index contributed by atoms with van der Waals surface area (Å²) < 4.78 is 16.7. The van der Waals surface area contributed by atoms with E-state index in [9.17, 15) is 14.4 Å². The first kappa shape index (κ1) is 24.4. The third-order valence-corrected chi connectivity index (χ3v) is 5.96. The Labute approximate surface area is 204 Å². The summed E-state index contributed by atoms with van der Waals surface area (Å²) in [7, 11) is 0. The minimum absolute atomic E-state index is 0.0578. The van der Waals surface area contributed by atoms with E-state index < -0.39 is 6.10 Å². The molecule has 2 heterocycles. The van der Waals surface area contributed by atoms with Crippen LogP contribution in [-0.4, -0.2) is 61.6 Å². The first-order valence-corrected chi connectivity index (χ1v) is 12.0. The van der Waals surface area contributed by atoms with Crippen molar-refractivity contribution in [3.05, 3.63) is 42.5 Å². The van der Waals surface area contributed by atoms with Crippen molar-refractivity contribution in [2.24, 2.45) is 0 Å². The highest BCUT2D eigenvalue weighted by atomic mass is 16.5. The van der Waals surface area contributed by atoms with Crippen LogP contribution in [0.2, 0.25) is 0 Å². The fourth-order valence-electron chi connectivity index (χ4n) is 4.17. The van der Waals surface area contributed by atoms with Crippen molar-refractivity contribution in [3.63, 3.8) is 0 Å². The first-order chi connectivity index (χ1) is 16.9. The lowest BCUT2D eigenvalue weighted by molar-refractivity contribution is -0.133. The van der Waals surface area contributed by atoms with E-state index in [1.807, 2.05) is 6.92 Å². The molecule has 0 bridgehead atoms. The maximum Gasteiger partial charge on any atom is 0.268 e. The summed E-state index contributed by atoms with van der Waals surface area (Å²) in [6.45, 7) is 5.32. The van der Waals surface area contributed by atoms with Gasteiger partial charge in [-0.3, -0.25) is 19.3 Å². The Morgan fingerprint density at radius 2 is 1.71 bits per heavy atom. The van der Waals surface area contributed by atoms with Gasteiger partial charge in [-0.15, -0.1) is 0 Å². The average Bonchev–Trinajstić information content (AvgIpc) is 2.87. The maximum absolute atomic E-state index is 12.9. The molecular formula is C26H31N3O6. The van der Waals surface area contributed by atoms with E-state index in [1.165, 1.54) is 4.90 Å². The third-order valence-electron chi connectivity index (χ3n) is 5.96. The summed E-state index contributed by atoms with van der Waals surface area (Å²) in [5.41, 5.74) is 0.939. The van der Waals surface area contributed by atoms with Crippen molar-refractivity contribution in [2.45, 2.75) is 39.2 Å². The molecule has 2 aromatic rings. The molecular weight excluding hydrogens is 450 g/mol. The largest absolute Gasteiger partial charge is 0.494 e. The number of hydrogen-bond donors (Lipinski definition) is 1. The van der Waals surface area contributed by atoms with Gasteiger partial charge < -0.3 is 24.4 Å². The Balaban J connectivity index is 1.41. The molecule has 186 valence electrons. The van der Waals surface area contributed by atoms with Crippen molar-refractivity contribution in [2.75, 3.05) is 43.1 Å². The van der Waals surface area contributed by atoms with E-state index in [-0.39, 0.29) is 30.9 Å². The molecule has 0 aromatic heterocycles. The van der Waals surface area contributed by atoms with E-state index in [1.54, 1.807) is 54.3 Å². The molecule has 0 aliphatic carbocycles. The number of carbonyl (C=O) groups excluding carboxylic acids is 3. The van der Waals surface area contributed by atoms with E-state index >= 15 is 0 Å². The minimum atomic E-state index is -0.695. The van der Waals surface area contributed by atoms with Gasteiger partial charge in [-0.05, 0) is 75.6 Å². The molecule has 0 radical (unpaired) electrons. The smallest absolute Gasteiger partial charge is 0.268 e. The van der Waals surface area contributed by atoms with Gasteiger partial charge in [0, 0.05) is 18.8 Å². The normalized spacial score (nSPS) is 17.3. The first-order valence-electron chi connectivity index (χ1n) is 12.0. The summed E-state index contributed by atoms with van der Waals surface area (Å²) in [6.07, 6.45) is 2.38. The Kier molecular flexibility index (Phi) is 7.74. The monoisotopic (exact) mass is 481 g/mol. The summed E-state index contributed by atoms with van der Waals surface area (Å²) >= 11 is 0. The number of nitrogens with zero attached hydrogens (tertiary/aromatic N) is 2. The van der Waals surface area contributed by atoms with Crippen molar-refractivity contribution >= 4 is 29.1 Å². The summed E-state index contributed by atoms with van der Waals surface area (Å²) in [5, 5.41) is 2.78. The lowest BCUT2D eigenvalue weighted by atomic mass is 10.1. The van der Waals surface area contributed by atoms with E-state index in [0.717, 1.165) is 25.0 Å². The standard InChI is InChI=1S/C26H31N3O6/c1-3-33-20-8-10-21(11-9-20)34-17-24(30)27-19-7-12-23-22(15-19)29(26(32)18(2)35-23)16-25(31)28-13-5-4-6-14-28/h7-12,15,18H,3-6,13-14,16-17H2,1-2H3,(H,27,30). The van der Waals surface area contributed by atoms with Crippen LogP contribution in [0.1, 0.15) is 33.1 Å². The van der Waals surface area contributed by atoms with E-state index in [2.05, 4.69) is 5.32 Å². The predicted molar refractivity (Wildman–Crippen MR) is 131 cm³/mol. The molecule has 1 N–H and O–H groups in total. The van der Waals surface area contributed by atoms with Crippen LogP contribution in [0.3, 0.4) is 0 Å². The SMILES string of the molecule is CCOc1ccc(OCC(=O)Nc2ccc3c(c2)N(CC(=O)N2CCCCC2)C(=O)C(C)O3)cc1. The Bertz CT molecular complexity index is 1070. The second kappa shape index (κ2) is 11.1. The molecule has 35 heavy (non-hydrogen) atoms. The fraction of sp³-hybridized carbons (Fsp3) is 0.423. The van der Waals surface area contributed by atoms with Gasteiger partial charge in [-0.1, -0.05) is 0 Å². The van der Waals surface area contributed by atoms with Gasteiger partial charge in [0.05, 0.1) is 12.3 Å². The zero-order chi connectivity index (χ0) is 24.8. The van der Waals surface area contributed by atoms with Crippen LogP contribution >= 0.6 is 0 Å². The van der Waals surface area contributed by atoms with Gasteiger partial charge in [-0.25, -0.2) is 0 Å². The van der Waals surface area contributed by atoms with E-state index in [0.29, 0.717) is 42.6 Å². The molecule has 0 saturated carbocycles. The zero-order valence-corrected chi connectivity index (χ0v) is 20.1. The molecule has 2 aromatic carbocycles. The van der Waals surface area contributed by atoms with Crippen LogP contribution in [0.5, 0.6) is 17.2 Å². The van der Waals surface area contributed by atoms with Crippen molar-refractivity contribution in [3.8, 4) is 17.2 Å². The molecule has 1 unspecified atom stereocenters. The highest BCUT2D eigenvalue weighted by Gasteiger charge is 2.34. The molecule has 4 rings (SSSR count).